The molecule has 8 heteroatoms. The Hall–Kier alpha value is -2.38. The second-order valence-electron chi connectivity index (χ2n) is 4.90. The molecule has 1 saturated heterocycles. The number of amides is 2. The van der Waals surface area contributed by atoms with Crippen molar-refractivity contribution >= 4 is 29.1 Å². The molecule has 3 rings (SSSR count). The minimum Gasteiger partial charge on any atom is -0.490 e. The number of urea groups is 1. The number of anilines is 2. The fourth-order valence-corrected chi connectivity index (χ4v) is 2.56. The van der Waals surface area contributed by atoms with Gasteiger partial charge in [-0.2, -0.15) is 0 Å². The number of nitrogens with two attached hydrogens (primary N) is 1. The molecule has 0 aliphatic carbocycles. The van der Waals surface area contributed by atoms with Crippen LogP contribution in [-0.2, 0) is 0 Å². The number of carbonyl (C=O) groups is 1. The summed E-state index contributed by atoms with van der Waals surface area (Å²) in [5.41, 5.74) is 6.11. The van der Waals surface area contributed by atoms with Crippen LogP contribution in [0.2, 0.25) is 5.02 Å². The highest BCUT2D eigenvalue weighted by Gasteiger charge is 2.33. The summed E-state index contributed by atoms with van der Waals surface area (Å²) < 4.78 is 5.62. The summed E-state index contributed by atoms with van der Waals surface area (Å²) >= 11 is 6.08. The number of aromatic nitrogens is 2. The van der Waals surface area contributed by atoms with Gasteiger partial charge in [0.1, 0.15) is 12.4 Å². The number of ether oxygens (including phenoxy) is 1. The largest absolute Gasteiger partial charge is 0.490 e. The first-order valence-corrected chi connectivity index (χ1v) is 7.56. The maximum absolute atomic E-state index is 12.7. The van der Waals surface area contributed by atoms with Crippen LogP contribution in [0.25, 0.3) is 0 Å². The highest BCUT2D eigenvalue weighted by molar-refractivity contribution is 6.31. The minimum atomic E-state index is -0.189. The predicted molar refractivity (Wildman–Crippen MR) is 88.1 cm³/mol. The van der Waals surface area contributed by atoms with Crippen molar-refractivity contribution in [1.82, 2.24) is 9.97 Å². The number of nitrogens with zero attached hydrogens (tertiary/aromatic N) is 4. The lowest BCUT2D eigenvalue weighted by atomic mass is 10.2. The van der Waals surface area contributed by atoms with Crippen LogP contribution in [0, 0.1) is 0 Å². The third-order valence-electron chi connectivity index (χ3n) is 3.42. The summed E-state index contributed by atoms with van der Waals surface area (Å²) in [6, 6.07) is 4.99. The zero-order valence-electron chi connectivity index (χ0n) is 12.4. The molecule has 2 amide bonds. The molecule has 1 aromatic carbocycles. The quantitative estimate of drug-likeness (QED) is 0.903. The lowest BCUT2D eigenvalue weighted by Gasteiger charge is -2.21. The average Bonchev–Trinajstić information content (AvgIpc) is 2.96. The molecule has 0 bridgehead atoms. The van der Waals surface area contributed by atoms with E-state index in [2.05, 4.69) is 9.97 Å². The Balaban J connectivity index is 1.88. The van der Waals surface area contributed by atoms with Crippen molar-refractivity contribution in [2.75, 3.05) is 36.0 Å². The van der Waals surface area contributed by atoms with Crippen molar-refractivity contribution in [2.45, 2.75) is 0 Å². The van der Waals surface area contributed by atoms with Crippen LogP contribution in [0.4, 0.5) is 16.3 Å². The third-order valence-corrected chi connectivity index (χ3v) is 3.66. The maximum Gasteiger partial charge on any atom is 0.330 e. The molecular formula is C15H16ClN5O2. The second kappa shape index (κ2) is 6.80. The summed E-state index contributed by atoms with van der Waals surface area (Å²) in [4.78, 5) is 24.1. The zero-order chi connectivity index (χ0) is 16.2. The van der Waals surface area contributed by atoms with Gasteiger partial charge in [-0.1, -0.05) is 11.6 Å². The maximum atomic E-state index is 12.7. The van der Waals surface area contributed by atoms with Crippen molar-refractivity contribution in [3.05, 3.63) is 41.8 Å². The lowest BCUT2D eigenvalue weighted by Crippen LogP contribution is -2.32. The van der Waals surface area contributed by atoms with Crippen LogP contribution in [0.15, 0.2) is 36.8 Å². The molecule has 1 aliphatic rings. The van der Waals surface area contributed by atoms with Gasteiger partial charge in [-0.05, 0) is 18.2 Å². The van der Waals surface area contributed by atoms with E-state index in [0.717, 1.165) is 0 Å². The van der Waals surface area contributed by atoms with Crippen molar-refractivity contribution in [3.8, 4) is 5.75 Å². The van der Waals surface area contributed by atoms with E-state index in [9.17, 15) is 4.79 Å². The number of hydrogen-bond acceptors (Lipinski definition) is 5. The molecule has 23 heavy (non-hydrogen) atoms. The predicted octanol–water partition coefficient (Wildman–Crippen LogP) is 1.91. The van der Waals surface area contributed by atoms with Crippen molar-refractivity contribution in [1.29, 1.82) is 0 Å². The lowest BCUT2D eigenvalue weighted by molar-refractivity contribution is 0.255. The number of halogens is 1. The van der Waals surface area contributed by atoms with E-state index in [-0.39, 0.29) is 6.03 Å². The van der Waals surface area contributed by atoms with Crippen molar-refractivity contribution < 1.29 is 9.53 Å². The van der Waals surface area contributed by atoms with Gasteiger partial charge in [0.2, 0.25) is 0 Å². The standard InChI is InChI=1S/C15H16ClN5O2/c16-11-1-2-13(23-8-3-17)12(9-11)20-6-7-21(15(20)22)14-10-18-4-5-19-14/h1-2,4-5,9-10H,3,6-8,17H2. The van der Waals surface area contributed by atoms with E-state index in [1.54, 1.807) is 46.6 Å². The molecule has 2 N–H and O–H groups in total. The minimum absolute atomic E-state index is 0.189. The van der Waals surface area contributed by atoms with E-state index in [4.69, 9.17) is 22.1 Å². The molecule has 0 spiro atoms. The van der Waals surface area contributed by atoms with Crippen LogP contribution in [0.5, 0.6) is 5.75 Å². The summed E-state index contributed by atoms with van der Waals surface area (Å²) in [7, 11) is 0. The second-order valence-corrected chi connectivity index (χ2v) is 5.34. The van der Waals surface area contributed by atoms with E-state index >= 15 is 0 Å². The Bertz CT molecular complexity index is 698. The number of hydrogen-bond donors (Lipinski definition) is 1. The molecule has 120 valence electrons. The van der Waals surface area contributed by atoms with Gasteiger partial charge in [0.15, 0.2) is 5.82 Å². The number of carbonyl (C=O) groups excluding carboxylic acids is 1. The van der Waals surface area contributed by atoms with Crippen molar-refractivity contribution in [2.24, 2.45) is 5.73 Å². The number of benzene rings is 1. The SMILES string of the molecule is NCCOc1ccc(Cl)cc1N1CCN(c2cnccn2)C1=O. The molecule has 2 aromatic rings. The van der Waals surface area contributed by atoms with Gasteiger partial charge >= 0.3 is 6.03 Å². The summed E-state index contributed by atoms with van der Waals surface area (Å²) in [5.74, 6) is 1.10. The number of rotatable bonds is 5. The molecule has 0 unspecified atom stereocenters. The Labute approximate surface area is 138 Å². The first-order valence-electron chi connectivity index (χ1n) is 7.18. The van der Waals surface area contributed by atoms with Crippen LogP contribution >= 0.6 is 11.6 Å². The molecule has 1 aromatic heterocycles. The fourth-order valence-electron chi connectivity index (χ4n) is 2.40. The van der Waals surface area contributed by atoms with E-state index in [1.165, 1.54) is 0 Å². The molecule has 1 fully saturated rings. The highest BCUT2D eigenvalue weighted by atomic mass is 35.5. The summed E-state index contributed by atoms with van der Waals surface area (Å²) in [5, 5.41) is 0.533. The normalized spacial score (nSPS) is 14.4. The van der Waals surface area contributed by atoms with Gasteiger partial charge in [-0.3, -0.25) is 14.8 Å². The smallest absolute Gasteiger partial charge is 0.330 e. The Morgan fingerprint density at radius 3 is 2.83 bits per heavy atom. The Morgan fingerprint density at radius 1 is 1.26 bits per heavy atom. The van der Waals surface area contributed by atoms with Crippen LogP contribution in [-0.4, -0.2) is 42.2 Å². The van der Waals surface area contributed by atoms with Crippen LogP contribution in [0.1, 0.15) is 0 Å². The van der Waals surface area contributed by atoms with Gasteiger partial charge < -0.3 is 10.5 Å². The van der Waals surface area contributed by atoms with Gasteiger partial charge in [-0.25, -0.2) is 9.78 Å². The first kappa shape index (κ1) is 15.5. The topological polar surface area (TPSA) is 84.6 Å². The van der Waals surface area contributed by atoms with E-state index < -0.39 is 0 Å². The molecule has 0 radical (unpaired) electrons. The summed E-state index contributed by atoms with van der Waals surface area (Å²) in [6.45, 7) is 1.78. The Morgan fingerprint density at radius 2 is 2.09 bits per heavy atom. The van der Waals surface area contributed by atoms with Crippen LogP contribution < -0.4 is 20.3 Å². The molecule has 1 aliphatic heterocycles. The van der Waals surface area contributed by atoms with Gasteiger partial charge in [0.25, 0.3) is 0 Å². The van der Waals surface area contributed by atoms with Gasteiger partial charge in [0, 0.05) is 37.1 Å². The molecule has 0 saturated carbocycles. The monoisotopic (exact) mass is 333 g/mol. The Kier molecular flexibility index (Phi) is 4.59. The average molecular weight is 334 g/mol. The van der Waals surface area contributed by atoms with Gasteiger partial charge in [-0.15, -0.1) is 0 Å². The highest BCUT2D eigenvalue weighted by Crippen LogP contribution is 2.34. The molecule has 0 atom stereocenters. The molecular weight excluding hydrogens is 318 g/mol. The van der Waals surface area contributed by atoms with Gasteiger partial charge in [0.05, 0.1) is 11.9 Å². The summed E-state index contributed by atoms with van der Waals surface area (Å²) in [6.07, 6.45) is 4.68. The molecule has 2 heterocycles. The third kappa shape index (κ3) is 3.20. The van der Waals surface area contributed by atoms with Crippen LogP contribution in [0.3, 0.4) is 0 Å². The van der Waals surface area contributed by atoms with E-state index in [0.29, 0.717) is 48.5 Å². The molecule has 7 nitrogen and oxygen atoms in total. The van der Waals surface area contributed by atoms with E-state index in [1.807, 2.05) is 0 Å². The fraction of sp³-hybridized carbons (Fsp3) is 0.267. The first-order chi connectivity index (χ1) is 11.2. The van der Waals surface area contributed by atoms with Crippen molar-refractivity contribution in [3.63, 3.8) is 0 Å². The zero-order valence-corrected chi connectivity index (χ0v) is 13.1.